The van der Waals surface area contributed by atoms with Crippen molar-refractivity contribution in [3.8, 4) is 17.2 Å². The minimum Gasteiger partial charge on any atom is -0.496 e. The summed E-state index contributed by atoms with van der Waals surface area (Å²) in [6.45, 7) is 1.52. The fourth-order valence-electron chi connectivity index (χ4n) is 2.04. The Morgan fingerprint density at radius 2 is 1.81 bits per heavy atom. The lowest BCUT2D eigenvalue weighted by atomic mass is 10.1. The minimum atomic E-state index is 0.668. The van der Waals surface area contributed by atoms with Crippen molar-refractivity contribution in [2.75, 3.05) is 27.9 Å². The summed E-state index contributed by atoms with van der Waals surface area (Å²) in [6, 6.07) is 3.72. The predicted octanol–water partition coefficient (Wildman–Crippen LogP) is 2.50. The van der Waals surface area contributed by atoms with E-state index in [4.69, 9.17) is 14.2 Å². The van der Waals surface area contributed by atoms with Crippen molar-refractivity contribution in [1.29, 1.82) is 0 Å². The van der Waals surface area contributed by atoms with Crippen molar-refractivity contribution < 1.29 is 14.2 Å². The molecule has 1 aromatic heterocycles. The van der Waals surface area contributed by atoms with Gasteiger partial charge in [-0.2, -0.15) is 0 Å². The Balaban J connectivity index is 2.00. The zero-order chi connectivity index (χ0) is 15.1. The molecule has 2 rings (SSSR count). The van der Waals surface area contributed by atoms with Crippen molar-refractivity contribution in [2.24, 2.45) is 0 Å². The van der Waals surface area contributed by atoms with Gasteiger partial charge in [-0.05, 0) is 0 Å². The van der Waals surface area contributed by atoms with Gasteiger partial charge in [0.05, 0.1) is 31.9 Å². The number of hydrogen-bond donors (Lipinski definition) is 1. The lowest BCUT2D eigenvalue weighted by Crippen LogP contribution is -2.17. The topological polar surface area (TPSA) is 52.6 Å². The second-order valence-electron chi connectivity index (χ2n) is 4.36. The molecule has 0 saturated carbocycles. The van der Waals surface area contributed by atoms with Gasteiger partial charge in [0.15, 0.2) is 0 Å². The molecule has 1 aromatic carbocycles. The van der Waals surface area contributed by atoms with Crippen LogP contribution in [0.4, 0.5) is 0 Å². The van der Waals surface area contributed by atoms with E-state index < -0.39 is 0 Å². The van der Waals surface area contributed by atoms with E-state index in [0.29, 0.717) is 6.54 Å². The summed E-state index contributed by atoms with van der Waals surface area (Å²) in [4.78, 5) is 4.26. The summed E-state index contributed by atoms with van der Waals surface area (Å²) in [7, 11) is 4.92. The van der Waals surface area contributed by atoms with Gasteiger partial charge in [0.1, 0.15) is 17.2 Å². The van der Waals surface area contributed by atoms with Gasteiger partial charge in [0.25, 0.3) is 0 Å². The van der Waals surface area contributed by atoms with Gasteiger partial charge in [-0.25, -0.2) is 4.98 Å². The number of benzene rings is 1. The van der Waals surface area contributed by atoms with Crippen LogP contribution in [0.2, 0.25) is 0 Å². The average molecular weight is 308 g/mol. The number of thiazole rings is 1. The molecule has 0 aliphatic carbocycles. The van der Waals surface area contributed by atoms with E-state index in [9.17, 15) is 0 Å². The third-order valence-electron chi connectivity index (χ3n) is 3.12. The van der Waals surface area contributed by atoms with Crippen molar-refractivity contribution in [1.82, 2.24) is 10.3 Å². The summed E-state index contributed by atoms with van der Waals surface area (Å²) >= 11 is 1.67. The molecule has 5 nitrogen and oxygen atoms in total. The molecule has 0 saturated heterocycles. The molecule has 0 spiro atoms. The SMILES string of the molecule is COc1cc(OC)c(CNCCc2nccs2)c(OC)c1. The van der Waals surface area contributed by atoms with Gasteiger partial charge in [0, 0.05) is 43.2 Å². The lowest BCUT2D eigenvalue weighted by molar-refractivity contribution is 0.366. The summed E-state index contributed by atoms with van der Waals surface area (Å²) in [5, 5.41) is 6.52. The molecule has 0 unspecified atom stereocenters. The summed E-state index contributed by atoms with van der Waals surface area (Å²) < 4.78 is 16.1. The molecule has 114 valence electrons. The maximum absolute atomic E-state index is 5.42. The summed E-state index contributed by atoms with van der Waals surface area (Å²) in [5.74, 6) is 2.23. The largest absolute Gasteiger partial charge is 0.496 e. The Hall–Kier alpha value is -1.79. The number of nitrogens with one attached hydrogen (secondary N) is 1. The Kier molecular flexibility index (Phi) is 5.83. The van der Waals surface area contributed by atoms with Gasteiger partial charge >= 0.3 is 0 Å². The lowest BCUT2D eigenvalue weighted by Gasteiger charge is -2.15. The average Bonchev–Trinajstić information content (AvgIpc) is 3.04. The maximum Gasteiger partial charge on any atom is 0.130 e. The van der Waals surface area contributed by atoms with Crippen LogP contribution >= 0.6 is 11.3 Å². The van der Waals surface area contributed by atoms with Crippen LogP contribution in [0.15, 0.2) is 23.7 Å². The number of hydrogen-bond acceptors (Lipinski definition) is 6. The quantitative estimate of drug-likeness (QED) is 0.759. The molecule has 0 bridgehead atoms. The standard InChI is InChI=1S/C15H20N2O3S/c1-18-11-8-13(19-2)12(14(9-11)20-3)10-16-5-4-15-17-6-7-21-15/h6-9,16H,4-5,10H2,1-3H3. The molecule has 2 aromatic rings. The van der Waals surface area contributed by atoms with E-state index in [1.165, 1.54) is 0 Å². The van der Waals surface area contributed by atoms with Gasteiger partial charge in [-0.15, -0.1) is 11.3 Å². The van der Waals surface area contributed by atoms with E-state index >= 15 is 0 Å². The van der Waals surface area contributed by atoms with Gasteiger partial charge in [-0.3, -0.25) is 0 Å². The molecule has 21 heavy (non-hydrogen) atoms. The fraction of sp³-hybridized carbons (Fsp3) is 0.400. The van der Waals surface area contributed by atoms with Crippen molar-refractivity contribution in [2.45, 2.75) is 13.0 Å². The van der Waals surface area contributed by atoms with Crippen LogP contribution in [0.3, 0.4) is 0 Å². The third-order valence-corrected chi connectivity index (χ3v) is 3.96. The molecule has 0 fully saturated rings. The normalized spacial score (nSPS) is 10.4. The van der Waals surface area contributed by atoms with Crippen LogP contribution in [0.1, 0.15) is 10.6 Å². The van der Waals surface area contributed by atoms with Crippen LogP contribution in [0.25, 0.3) is 0 Å². The molecule has 0 radical (unpaired) electrons. The predicted molar refractivity (Wildman–Crippen MR) is 83.6 cm³/mol. The van der Waals surface area contributed by atoms with Crippen molar-refractivity contribution in [3.05, 3.63) is 34.3 Å². The highest BCUT2D eigenvalue weighted by atomic mass is 32.1. The van der Waals surface area contributed by atoms with Crippen LogP contribution in [-0.2, 0) is 13.0 Å². The maximum atomic E-state index is 5.42. The van der Waals surface area contributed by atoms with E-state index in [0.717, 1.165) is 40.8 Å². The second-order valence-corrected chi connectivity index (χ2v) is 5.34. The first-order valence-electron chi connectivity index (χ1n) is 6.66. The number of aromatic nitrogens is 1. The molecule has 1 N–H and O–H groups in total. The minimum absolute atomic E-state index is 0.668. The number of methoxy groups -OCH3 is 3. The first-order chi connectivity index (χ1) is 10.3. The Labute approximate surface area is 128 Å². The monoisotopic (exact) mass is 308 g/mol. The molecule has 0 aliphatic rings. The molecule has 1 heterocycles. The van der Waals surface area contributed by atoms with E-state index in [2.05, 4.69) is 10.3 Å². The number of rotatable bonds is 8. The van der Waals surface area contributed by atoms with Crippen molar-refractivity contribution >= 4 is 11.3 Å². The molecular formula is C15H20N2O3S. The molecular weight excluding hydrogens is 288 g/mol. The fourth-order valence-corrected chi connectivity index (χ4v) is 2.66. The van der Waals surface area contributed by atoms with Crippen LogP contribution in [0.5, 0.6) is 17.2 Å². The molecule has 0 atom stereocenters. The Morgan fingerprint density at radius 3 is 2.33 bits per heavy atom. The first kappa shape index (κ1) is 15.6. The van der Waals surface area contributed by atoms with E-state index in [1.54, 1.807) is 32.7 Å². The van der Waals surface area contributed by atoms with Crippen LogP contribution in [0, 0.1) is 0 Å². The zero-order valence-corrected chi connectivity index (χ0v) is 13.3. The second kappa shape index (κ2) is 7.85. The number of ether oxygens (including phenoxy) is 3. The highest BCUT2D eigenvalue weighted by molar-refractivity contribution is 7.09. The van der Waals surface area contributed by atoms with Crippen LogP contribution in [-0.4, -0.2) is 32.9 Å². The third kappa shape index (κ3) is 4.09. The molecule has 0 amide bonds. The zero-order valence-electron chi connectivity index (χ0n) is 12.5. The number of nitrogens with zero attached hydrogens (tertiary/aromatic N) is 1. The summed E-state index contributed by atoms with van der Waals surface area (Å²) in [5.41, 5.74) is 0.986. The van der Waals surface area contributed by atoms with Gasteiger partial charge < -0.3 is 19.5 Å². The van der Waals surface area contributed by atoms with Gasteiger partial charge in [0.2, 0.25) is 0 Å². The molecule has 0 aliphatic heterocycles. The Morgan fingerprint density at radius 1 is 1.10 bits per heavy atom. The summed E-state index contributed by atoms with van der Waals surface area (Å²) in [6.07, 6.45) is 2.74. The Bertz CT molecular complexity index is 533. The van der Waals surface area contributed by atoms with Crippen molar-refractivity contribution in [3.63, 3.8) is 0 Å². The smallest absolute Gasteiger partial charge is 0.130 e. The van der Waals surface area contributed by atoms with Crippen LogP contribution < -0.4 is 19.5 Å². The highest BCUT2D eigenvalue weighted by Gasteiger charge is 2.12. The molecule has 6 heteroatoms. The first-order valence-corrected chi connectivity index (χ1v) is 7.54. The highest BCUT2D eigenvalue weighted by Crippen LogP contribution is 2.33. The van der Waals surface area contributed by atoms with E-state index in [-0.39, 0.29) is 0 Å². The van der Waals surface area contributed by atoms with E-state index in [1.807, 2.05) is 23.7 Å². The van der Waals surface area contributed by atoms with Gasteiger partial charge in [-0.1, -0.05) is 0 Å².